The van der Waals surface area contributed by atoms with E-state index >= 15 is 0 Å². The summed E-state index contributed by atoms with van der Waals surface area (Å²) in [6, 6.07) is 1.70. The summed E-state index contributed by atoms with van der Waals surface area (Å²) in [4.78, 5) is 23.8. The number of thioether (sulfide) groups is 1. The second kappa shape index (κ2) is 5.16. The Hall–Kier alpha value is -1.02. The average Bonchev–Trinajstić information content (AvgIpc) is 2.89. The smallest absolute Gasteiger partial charge is 0.543 e. The van der Waals surface area contributed by atoms with Gasteiger partial charge in [0.1, 0.15) is 16.8 Å². The molecule has 1 amide bonds. The fourth-order valence-electron chi connectivity index (χ4n) is 1.87. The van der Waals surface area contributed by atoms with Crippen molar-refractivity contribution in [3.63, 3.8) is 0 Å². The van der Waals surface area contributed by atoms with Crippen molar-refractivity contribution in [2.24, 2.45) is 0 Å². The number of aliphatic carboxylic acids is 1. The first kappa shape index (κ1) is 14.4. The van der Waals surface area contributed by atoms with Gasteiger partial charge in [0.2, 0.25) is 0 Å². The second-order valence-corrected chi connectivity index (χ2v) is 4.87. The molecule has 1 saturated heterocycles. The van der Waals surface area contributed by atoms with Crippen LogP contribution in [0.3, 0.4) is 0 Å². The Morgan fingerprint density at radius 2 is 2.37 bits per heavy atom. The monoisotopic (exact) mass is 286 g/mol. The molecule has 0 saturated carbocycles. The number of carbonyl (C=O) groups excluding carboxylic acids is 2. The first-order valence-electron chi connectivity index (χ1n) is 5.13. The number of amides is 1. The number of hydrogen-bond donors (Lipinski definition) is 0. The number of carbonyl (C=O) groups is 2. The zero-order valence-electron chi connectivity index (χ0n) is 10.2. The van der Waals surface area contributed by atoms with Gasteiger partial charge in [-0.2, -0.15) is 0 Å². The zero-order valence-corrected chi connectivity index (χ0v) is 13.1. The van der Waals surface area contributed by atoms with Crippen molar-refractivity contribution in [3.8, 4) is 0 Å². The number of β-lactam (4-membered cyclic amide) rings is 1. The van der Waals surface area contributed by atoms with E-state index in [4.69, 9.17) is 4.52 Å². The van der Waals surface area contributed by atoms with E-state index in [1.807, 2.05) is 0 Å². The Morgan fingerprint density at radius 1 is 1.63 bits per heavy atom. The first-order chi connectivity index (χ1) is 8.58. The van der Waals surface area contributed by atoms with E-state index in [0.29, 0.717) is 17.0 Å². The molecule has 19 heavy (non-hydrogen) atoms. The quantitative estimate of drug-likeness (QED) is 0.325. The average molecular weight is 286 g/mol. The molecule has 0 aliphatic carbocycles. The third-order valence-electron chi connectivity index (χ3n) is 2.69. The molecule has 3 rings (SSSR count). The summed E-state index contributed by atoms with van der Waals surface area (Å²) in [6.07, 6.45) is 1.61. The number of aromatic nitrogens is 1. The van der Waals surface area contributed by atoms with Crippen LogP contribution in [0.2, 0.25) is 0 Å². The molecule has 0 unspecified atom stereocenters. The van der Waals surface area contributed by atoms with Crippen LogP contribution in [-0.4, -0.2) is 27.3 Å². The summed E-state index contributed by atoms with van der Waals surface area (Å²) >= 11 is 1.26. The van der Waals surface area contributed by atoms with Crippen LogP contribution in [0, 0.1) is 6.92 Å². The molecule has 0 aromatic carbocycles. The van der Waals surface area contributed by atoms with Crippen molar-refractivity contribution in [3.05, 3.63) is 34.2 Å². The Morgan fingerprint density at radius 3 is 2.95 bits per heavy atom. The predicted molar refractivity (Wildman–Crippen MR) is 60.5 cm³/mol. The maximum absolute atomic E-state index is 11.8. The molecular formula is C11H7N2NaO4S. The zero-order chi connectivity index (χ0) is 12.9. The first-order valence-corrected chi connectivity index (χ1v) is 6.07. The minimum atomic E-state index is -1.34. The van der Waals surface area contributed by atoms with Gasteiger partial charge in [-0.1, -0.05) is 5.16 Å². The van der Waals surface area contributed by atoms with Crippen molar-refractivity contribution < 1.29 is 48.8 Å². The minimum Gasteiger partial charge on any atom is -0.543 e. The number of aryl methyl sites for hydroxylation is 1. The van der Waals surface area contributed by atoms with Gasteiger partial charge >= 0.3 is 29.6 Å². The van der Waals surface area contributed by atoms with Crippen LogP contribution >= 0.6 is 11.8 Å². The van der Waals surface area contributed by atoms with E-state index < -0.39 is 5.97 Å². The largest absolute Gasteiger partial charge is 1.00 e. The Balaban J connectivity index is 0.00000133. The van der Waals surface area contributed by atoms with Crippen LogP contribution < -0.4 is 34.7 Å². The van der Waals surface area contributed by atoms with Crippen LogP contribution in [0.1, 0.15) is 11.5 Å². The summed E-state index contributed by atoms with van der Waals surface area (Å²) < 4.78 is 4.90. The molecular weight excluding hydrogens is 279 g/mol. The van der Waals surface area contributed by atoms with Gasteiger partial charge in [-0.3, -0.25) is 9.69 Å². The molecule has 1 aromatic heterocycles. The van der Waals surface area contributed by atoms with Crippen molar-refractivity contribution in [2.75, 3.05) is 0 Å². The van der Waals surface area contributed by atoms with Crippen molar-refractivity contribution in [2.45, 2.75) is 12.3 Å². The molecule has 2 aliphatic heterocycles. The molecule has 0 N–H and O–H groups in total. The molecule has 0 spiro atoms. The Labute approximate surface area is 134 Å². The number of carboxylic acids is 1. The molecule has 1 aromatic rings. The van der Waals surface area contributed by atoms with Gasteiger partial charge in [0, 0.05) is 6.07 Å². The third-order valence-corrected chi connectivity index (χ3v) is 3.78. The van der Waals surface area contributed by atoms with Crippen LogP contribution in [0.4, 0.5) is 0 Å². The third kappa shape index (κ3) is 2.27. The predicted octanol–water partition coefficient (Wildman–Crippen LogP) is -3.12. The minimum absolute atomic E-state index is 0. The van der Waals surface area contributed by atoms with E-state index in [2.05, 4.69) is 5.16 Å². The van der Waals surface area contributed by atoms with Crippen molar-refractivity contribution in [1.29, 1.82) is 0 Å². The molecule has 2 aliphatic rings. The van der Waals surface area contributed by atoms with Crippen molar-refractivity contribution in [1.82, 2.24) is 10.1 Å². The summed E-state index contributed by atoms with van der Waals surface area (Å²) in [5.74, 6) is -1.02. The van der Waals surface area contributed by atoms with Gasteiger partial charge in [-0.15, -0.1) is 11.8 Å². The molecule has 8 heteroatoms. The fraction of sp³-hybridized carbons (Fsp3) is 0.182. The van der Waals surface area contributed by atoms with Crippen LogP contribution in [0.15, 0.2) is 27.3 Å². The van der Waals surface area contributed by atoms with E-state index in [1.54, 1.807) is 19.1 Å². The molecule has 3 heterocycles. The molecule has 1 fully saturated rings. The maximum Gasteiger partial charge on any atom is 1.00 e. The normalized spacial score (nSPS) is 22.7. The Kier molecular flexibility index (Phi) is 3.91. The summed E-state index contributed by atoms with van der Waals surface area (Å²) in [5, 5.41) is 15.7. The Bertz CT molecular complexity index is 622. The van der Waals surface area contributed by atoms with Gasteiger partial charge in [0.25, 0.3) is 5.91 Å². The van der Waals surface area contributed by atoms with Gasteiger partial charge in [0.05, 0.1) is 17.2 Å². The number of nitrogens with zero attached hydrogens (tertiary/aromatic N) is 2. The van der Waals surface area contributed by atoms with Gasteiger partial charge < -0.3 is 14.4 Å². The topological polar surface area (TPSA) is 86.5 Å². The standard InChI is InChI=1S/C11H8N2O4S.Na/c1-5-2-6(12-17-5)3-7-9(14)13-8(11(15)16)4-18-10(7)13;/h2-4,10H,1H3,(H,15,16);/q;+1/p-1/b7-3+;/t10-;/m1./s1. The number of hydrogen-bond acceptors (Lipinski definition) is 6. The number of rotatable bonds is 2. The summed E-state index contributed by atoms with van der Waals surface area (Å²) in [7, 11) is 0. The number of carboxylic acid groups (broad SMARTS) is 1. The van der Waals surface area contributed by atoms with E-state index in [1.165, 1.54) is 22.1 Å². The molecule has 6 nitrogen and oxygen atoms in total. The SMILES string of the molecule is Cc1cc(/C=C2\C(=O)N3C(C(=O)[O-])=CS[C@H]23)no1.[Na+]. The van der Waals surface area contributed by atoms with Gasteiger partial charge in [-0.25, -0.2) is 0 Å². The molecule has 0 bridgehead atoms. The fourth-order valence-corrected chi connectivity index (χ4v) is 2.99. The van der Waals surface area contributed by atoms with E-state index in [-0.39, 0.29) is 46.5 Å². The van der Waals surface area contributed by atoms with E-state index in [9.17, 15) is 14.7 Å². The summed E-state index contributed by atoms with van der Waals surface area (Å²) in [5.41, 5.74) is 0.988. The second-order valence-electron chi connectivity index (χ2n) is 3.92. The molecule has 1 atom stereocenters. The summed E-state index contributed by atoms with van der Waals surface area (Å²) in [6.45, 7) is 1.75. The molecule has 0 radical (unpaired) electrons. The van der Waals surface area contributed by atoms with Gasteiger partial charge in [0.15, 0.2) is 0 Å². The van der Waals surface area contributed by atoms with Crippen molar-refractivity contribution >= 4 is 29.7 Å². The van der Waals surface area contributed by atoms with Crippen LogP contribution in [0.25, 0.3) is 6.08 Å². The number of fused-ring (bicyclic) bond motifs is 1. The van der Waals surface area contributed by atoms with E-state index in [0.717, 1.165) is 0 Å². The van der Waals surface area contributed by atoms with Crippen LogP contribution in [-0.2, 0) is 9.59 Å². The molecule has 92 valence electrons. The van der Waals surface area contributed by atoms with Gasteiger partial charge in [-0.05, 0) is 18.4 Å². The van der Waals surface area contributed by atoms with Crippen LogP contribution in [0.5, 0.6) is 0 Å². The maximum atomic E-state index is 11.8.